The largest absolute Gasteiger partial charge is 0.268 e. The Hall–Kier alpha value is -2.41. The lowest BCUT2D eigenvalue weighted by Crippen LogP contribution is -2.25. The quantitative estimate of drug-likeness (QED) is 0.518. The second-order valence-electron chi connectivity index (χ2n) is 5.15. The average Bonchev–Trinajstić information content (AvgIpc) is 3.11. The molecule has 0 spiro atoms. The lowest BCUT2D eigenvalue weighted by atomic mass is 10.2. The summed E-state index contributed by atoms with van der Waals surface area (Å²) in [6.07, 6.45) is 2.80. The fraction of sp³-hybridized carbons (Fsp3) is 0. The van der Waals surface area contributed by atoms with Crippen LogP contribution in [0.25, 0.3) is 22.5 Å². The molecule has 0 unspecified atom stereocenters. The van der Waals surface area contributed by atoms with Crippen molar-refractivity contribution in [3.8, 4) is 11.6 Å². The van der Waals surface area contributed by atoms with E-state index >= 15 is 0 Å². The maximum Gasteiger partial charge on any atom is 0.267 e. The molecule has 0 atom stereocenters. The Morgan fingerprint density at radius 1 is 0.960 bits per heavy atom. The Labute approximate surface area is 156 Å². The molecule has 0 saturated heterocycles. The second kappa shape index (κ2) is 6.15. The molecule has 0 amide bonds. The van der Waals surface area contributed by atoms with E-state index in [1.807, 2.05) is 0 Å². The first-order valence-corrected chi connectivity index (χ1v) is 8.21. The molecule has 4 aromatic rings. The van der Waals surface area contributed by atoms with Crippen molar-refractivity contribution in [3.05, 3.63) is 74.5 Å². The zero-order valence-corrected chi connectivity index (χ0v) is 14.7. The molecule has 25 heavy (non-hydrogen) atoms. The lowest BCUT2D eigenvalue weighted by molar-refractivity contribution is 0.761. The third-order valence-electron chi connectivity index (χ3n) is 3.59. The van der Waals surface area contributed by atoms with Gasteiger partial charge in [-0.05, 0) is 36.4 Å². The van der Waals surface area contributed by atoms with Crippen molar-refractivity contribution < 1.29 is 0 Å². The van der Waals surface area contributed by atoms with Gasteiger partial charge in [0.05, 0.1) is 21.6 Å². The van der Waals surface area contributed by atoms with Crippen molar-refractivity contribution >= 4 is 45.7 Å². The summed E-state index contributed by atoms with van der Waals surface area (Å²) < 4.78 is 2.74. The van der Waals surface area contributed by atoms with Crippen molar-refractivity contribution in [1.29, 1.82) is 0 Å². The molecule has 0 aliphatic carbocycles. The molecule has 0 radical (unpaired) electrons. The number of halogens is 3. The van der Waals surface area contributed by atoms with Crippen molar-refractivity contribution in [2.75, 3.05) is 0 Å². The average molecular weight is 393 g/mol. The minimum Gasteiger partial charge on any atom is -0.268 e. The van der Waals surface area contributed by atoms with E-state index in [-0.39, 0.29) is 11.5 Å². The third kappa shape index (κ3) is 2.78. The summed E-state index contributed by atoms with van der Waals surface area (Å²) in [6.45, 7) is 0. The Bertz CT molecular complexity index is 1150. The van der Waals surface area contributed by atoms with Crippen LogP contribution >= 0.6 is 34.8 Å². The van der Waals surface area contributed by atoms with Gasteiger partial charge in [-0.15, -0.1) is 0 Å². The van der Waals surface area contributed by atoms with Crippen molar-refractivity contribution in [2.24, 2.45) is 0 Å². The molecule has 124 valence electrons. The molecule has 0 bridgehead atoms. The first kappa shape index (κ1) is 16.1. The molecule has 0 saturated carbocycles. The predicted molar refractivity (Wildman–Crippen MR) is 97.3 cm³/mol. The normalized spacial score (nSPS) is 11.2. The molecule has 2 aromatic heterocycles. The molecule has 9 heteroatoms. The summed E-state index contributed by atoms with van der Waals surface area (Å²) in [6, 6.07) is 9.75. The smallest absolute Gasteiger partial charge is 0.267 e. The van der Waals surface area contributed by atoms with E-state index in [2.05, 4.69) is 15.1 Å². The molecule has 4 rings (SSSR count). The van der Waals surface area contributed by atoms with Crippen molar-refractivity contribution in [3.63, 3.8) is 0 Å². The highest BCUT2D eigenvalue weighted by molar-refractivity contribution is 6.35. The standard InChI is InChI=1S/C16H8Cl3N5O/c17-9-1-3-13-11(5-9)15(25)24(14-4-2-10(18)6-12(14)19)16(22-13)23-8-20-7-21-23/h1-8H. The van der Waals surface area contributed by atoms with E-state index in [9.17, 15) is 4.79 Å². The second-order valence-corrected chi connectivity index (χ2v) is 6.43. The summed E-state index contributed by atoms with van der Waals surface area (Å²) in [4.78, 5) is 21.6. The van der Waals surface area contributed by atoms with Gasteiger partial charge in [0.25, 0.3) is 5.56 Å². The van der Waals surface area contributed by atoms with Gasteiger partial charge in [-0.25, -0.2) is 14.5 Å². The number of rotatable bonds is 2. The van der Waals surface area contributed by atoms with Crippen molar-refractivity contribution in [2.45, 2.75) is 0 Å². The third-order valence-corrected chi connectivity index (χ3v) is 4.36. The molecule has 2 aromatic carbocycles. The van der Waals surface area contributed by atoms with Crippen LogP contribution in [0, 0.1) is 0 Å². The first-order valence-electron chi connectivity index (χ1n) is 7.07. The van der Waals surface area contributed by atoms with Gasteiger partial charge >= 0.3 is 0 Å². The van der Waals surface area contributed by atoms with Crippen LogP contribution in [-0.4, -0.2) is 24.3 Å². The summed E-state index contributed by atoms with van der Waals surface area (Å²) in [5, 5.41) is 5.64. The summed E-state index contributed by atoms with van der Waals surface area (Å²) >= 11 is 18.3. The number of benzene rings is 2. The minimum absolute atomic E-state index is 0.251. The highest BCUT2D eigenvalue weighted by Gasteiger charge is 2.17. The molecule has 2 heterocycles. The number of aromatic nitrogens is 5. The highest BCUT2D eigenvalue weighted by atomic mass is 35.5. The van der Waals surface area contributed by atoms with Gasteiger partial charge < -0.3 is 0 Å². The number of hydrogen-bond donors (Lipinski definition) is 0. The van der Waals surface area contributed by atoms with Crippen LogP contribution in [0.3, 0.4) is 0 Å². The fourth-order valence-corrected chi connectivity index (χ4v) is 3.16. The molecular weight excluding hydrogens is 385 g/mol. The lowest BCUT2D eigenvalue weighted by Gasteiger charge is -2.14. The SMILES string of the molecule is O=c1c2cc(Cl)ccc2nc(-n2cncn2)n1-c1ccc(Cl)cc1Cl. The van der Waals surface area contributed by atoms with Crippen LogP contribution in [0.5, 0.6) is 0 Å². The van der Waals surface area contributed by atoms with E-state index in [0.717, 1.165) is 0 Å². The monoisotopic (exact) mass is 391 g/mol. The van der Waals surface area contributed by atoms with Gasteiger partial charge in [0.15, 0.2) is 0 Å². The van der Waals surface area contributed by atoms with Gasteiger partial charge in [-0.2, -0.15) is 9.78 Å². The van der Waals surface area contributed by atoms with Gasteiger partial charge in [0.2, 0.25) is 5.95 Å². The highest BCUT2D eigenvalue weighted by Crippen LogP contribution is 2.26. The molecule has 0 aliphatic rings. The van der Waals surface area contributed by atoms with Crippen LogP contribution < -0.4 is 5.56 Å². The zero-order chi connectivity index (χ0) is 17.6. The van der Waals surface area contributed by atoms with Crippen LogP contribution in [0.4, 0.5) is 0 Å². The molecular formula is C16H8Cl3N5O. The van der Waals surface area contributed by atoms with E-state index in [1.54, 1.807) is 36.4 Å². The Morgan fingerprint density at radius 2 is 1.72 bits per heavy atom. The summed E-state index contributed by atoms with van der Waals surface area (Å²) in [7, 11) is 0. The molecule has 6 nitrogen and oxygen atoms in total. The Morgan fingerprint density at radius 3 is 2.44 bits per heavy atom. The fourth-order valence-electron chi connectivity index (χ4n) is 2.49. The Kier molecular flexibility index (Phi) is 3.95. The van der Waals surface area contributed by atoms with E-state index in [0.29, 0.717) is 31.7 Å². The minimum atomic E-state index is -0.331. The molecule has 0 fully saturated rings. The van der Waals surface area contributed by atoms with E-state index < -0.39 is 0 Å². The molecule has 0 aliphatic heterocycles. The first-order chi connectivity index (χ1) is 12.0. The Balaban J connectivity index is 2.15. The topological polar surface area (TPSA) is 65.6 Å². The van der Waals surface area contributed by atoms with Crippen LogP contribution in [0.1, 0.15) is 0 Å². The van der Waals surface area contributed by atoms with E-state index in [1.165, 1.54) is 21.9 Å². The van der Waals surface area contributed by atoms with Crippen molar-refractivity contribution in [1.82, 2.24) is 24.3 Å². The van der Waals surface area contributed by atoms with Crippen LogP contribution in [0.15, 0.2) is 53.8 Å². The predicted octanol–water partition coefficient (Wildman–Crippen LogP) is 3.93. The van der Waals surface area contributed by atoms with Gasteiger partial charge in [-0.1, -0.05) is 34.8 Å². The number of fused-ring (bicyclic) bond motifs is 1. The van der Waals surface area contributed by atoms with Gasteiger partial charge in [0.1, 0.15) is 12.7 Å². The number of hydrogen-bond acceptors (Lipinski definition) is 4. The van der Waals surface area contributed by atoms with Gasteiger partial charge in [-0.3, -0.25) is 4.79 Å². The summed E-state index contributed by atoms with van der Waals surface area (Å²) in [5.74, 6) is 0.251. The van der Waals surface area contributed by atoms with E-state index in [4.69, 9.17) is 34.8 Å². The zero-order valence-electron chi connectivity index (χ0n) is 12.4. The van der Waals surface area contributed by atoms with Crippen LogP contribution in [-0.2, 0) is 0 Å². The number of nitrogens with zero attached hydrogens (tertiary/aromatic N) is 5. The molecule has 0 N–H and O–H groups in total. The maximum atomic E-state index is 13.1. The van der Waals surface area contributed by atoms with Crippen LogP contribution in [0.2, 0.25) is 15.1 Å². The summed E-state index contributed by atoms with van der Waals surface area (Å²) in [5.41, 5.74) is 0.583. The maximum absolute atomic E-state index is 13.1. The van der Waals surface area contributed by atoms with Gasteiger partial charge in [0, 0.05) is 10.0 Å².